The van der Waals surface area contributed by atoms with Crippen LogP contribution in [0, 0.1) is 0 Å². The van der Waals surface area contributed by atoms with E-state index in [4.69, 9.17) is 14.6 Å². The van der Waals surface area contributed by atoms with Crippen LogP contribution in [0.4, 0.5) is 0 Å². The minimum Gasteiger partial charge on any atom is -0.479 e. The summed E-state index contributed by atoms with van der Waals surface area (Å²) in [6, 6.07) is 0. The minimum absolute atomic E-state index is 0.107. The Labute approximate surface area is 58.7 Å². The predicted molar refractivity (Wildman–Crippen MR) is 32.5 cm³/mol. The van der Waals surface area contributed by atoms with Crippen LogP contribution < -0.4 is 0 Å². The Morgan fingerprint density at radius 1 is 1.70 bits per heavy atom. The van der Waals surface area contributed by atoms with Crippen LogP contribution in [-0.4, -0.2) is 30.1 Å². The van der Waals surface area contributed by atoms with Crippen molar-refractivity contribution in [2.24, 2.45) is 0 Å². The Morgan fingerprint density at radius 2 is 2.40 bits per heavy atom. The first-order chi connectivity index (χ1) is 4.75. The molecule has 1 saturated heterocycles. The molecule has 2 atom stereocenters. The zero-order valence-corrected chi connectivity index (χ0v) is 5.74. The number of aliphatic carboxylic acids is 1. The second-order valence-electron chi connectivity index (χ2n) is 2.16. The van der Waals surface area contributed by atoms with Crippen molar-refractivity contribution < 1.29 is 19.4 Å². The van der Waals surface area contributed by atoms with Gasteiger partial charge in [0.25, 0.3) is 0 Å². The molecule has 0 aliphatic carbocycles. The summed E-state index contributed by atoms with van der Waals surface area (Å²) in [6.07, 6.45) is -0.348. The van der Waals surface area contributed by atoms with Gasteiger partial charge < -0.3 is 14.6 Å². The molecule has 2 unspecified atom stereocenters. The zero-order chi connectivity index (χ0) is 7.56. The van der Waals surface area contributed by atoms with Crippen LogP contribution >= 0.6 is 0 Å². The highest BCUT2D eigenvalue weighted by molar-refractivity contribution is 5.73. The Balaban J connectivity index is 2.50. The SMILES string of the molecule is CCC1OCOC1C(=O)O. The monoisotopic (exact) mass is 146 g/mol. The van der Waals surface area contributed by atoms with Gasteiger partial charge in [-0.15, -0.1) is 0 Å². The second-order valence-corrected chi connectivity index (χ2v) is 2.16. The molecule has 1 heterocycles. The van der Waals surface area contributed by atoms with E-state index in [0.29, 0.717) is 6.42 Å². The van der Waals surface area contributed by atoms with E-state index in [2.05, 4.69) is 0 Å². The first kappa shape index (κ1) is 7.50. The number of carbonyl (C=O) groups is 1. The van der Waals surface area contributed by atoms with E-state index in [1.54, 1.807) is 0 Å². The van der Waals surface area contributed by atoms with Crippen molar-refractivity contribution in [3.05, 3.63) is 0 Å². The fourth-order valence-electron chi connectivity index (χ4n) is 0.957. The standard InChI is InChI=1S/C6H10O4/c1-2-4-5(6(7)8)10-3-9-4/h4-5H,2-3H2,1H3,(H,7,8). The van der Waals surface area contributed by atoms with Gasteiger partial charge in [0.15, 0.2) is 6.10 Å². The van der Waals surface area contributed by atoms with Crippen LogP contribution in [-0.2, 0) is 14.3 Å². The molecule has 0 aromatic rings. The molecular weight excluding hydrogens is 136 g/mol. The fourth-order valence-corrected chi connectivity index (χ4v) is 0.957. The highest BCUT2D eigenvalue weighted by atomic mass is 16.7. The first-order valence-corrected chi connectivity index (χ1v) is 3.21. The number of carboxylic acids is 1. The highest BCUT2D eigenvalue weighted by Gasteiger charge is 2.33. The molecule has 1 aliphatic heterocycles. The Morgan fingerprint density at radius 3 is 2.80 bits per heavy atom. The molecule has 4 nitrogen and oxygen atoms in total. The summed E-state index contributed by atoms with van der Waals surface area (Å²) in [5.74, 6) is -0.940. The Hall–Kier alpha value is -0.610. The molecule has 0 aromatic heterocycles. The largest absolute Gasteiger partial charge is 0.479 e. The highest BCUT2D eigenvalue weighted by Crippen LogP contribution is 2.15. The van der Waals surface area contributed by atoms with Gasteiger partial charge in [-0.3, -0.25) is 0 Å². The first-order valence-electron chi connectivity index (χ1n) is 3.21. The molecule has 0 amide bonds. The van der Waals surface area contributed by atoms with Gasteiger partial charge in [-0.25, -0.2) is 4.79 Å². The lowest BCUT2D eigenvalue weighted by Crippen LogP contribution is -2.30. The number of rotatable bonds is 2. The molecule has 10 heavy (non-hydrogen) atoms. The summed E-state index contributed by atoms with van der Waals surface area (Å²) >= 11 is 0. The second kappa shape index (κ2) is 2.98. The van der Waals surface area contributed by atoms with Crippen LogP contribution in [0.25, 0.3) is 0 Å². The number of hydrogen-bond donors (Lipinski definition) is 1. The van der Waals surface area contributed by atoms with Gasteiger partial charge in [-0.1, -0.05) is 6.92 Å². The van der Waals surface area contributed by atoms with Crippen molar-refractivity contribution in [2.45, 2.75) is 25.6 Å². The molecule has 1 fully saturated rings. The molecule has 4 heteroatoms. The Bertz CT molecular complexity index is 134. The van der Waals surface area contributed by atoms with Crippen molar-refractivity contribution in [1.82, 2.24) is 0 Å². The van der Waals surface area contributed by atoms with Crippen LogP contribution in [0.2, 0.25) is 0 Å². The smallest absolute Gasteiger partial charge is 0.335 e. The van der Waals surface area contributed by atoms with E-state index in [1.165, 1.54) is 0 Å². The van der Waals surface area contributed by atoms with Crippen molar-refractivity contribution in [2.75, 3.05) is 6.79 Å². The van der Waals surface area contributed by atoms with E-state index < -0.39 is 12.1 Å². The molecule has 0 spiro atoms. The van der Waals surface area contributed by atoms with Crippen LogP contribution in [0.3, 0.4) is 0 Å². The number of ether oxygens (including phenoxy) is 2. The fraction of sp³-hybridized carbons (Fsp3) is 0.833. The third kappa shape index (κ3) is 1.27. The van der Waals surface area contributed by atoms with E-state index in [-0.39, 0.29) is 12.9 Å². The van der Waals surface area contributed by atoms with Gasteiger partial charge in [0.05, 0.1) is 6.10 Å². The molecule has 1 N–H and O–H groups in total. The van der Waals surface area contributed by atoms with E-state index in [0.717, 1.165) is 0 Å². The molecule has 0 saturated carbocycles. The third-order valence-corrected chi connectivity index (χ3v) is 1.51. The summed E-state index contributed by atoms with van der Waals surface area (Å²) in [7, 11) is 0. The van der Waals surface area contributed by atoms with Gasteiger partial charge in [0.2, 0.25) is 0 Å². The van der Waals surface area contributed by atoms with Crippen LogP contribution in [0.1, 0.15) is 13.3 Å². The van der Waals surface area contributed by atoms with Gasteiger partial charge >= 0.3 is 5.97 Å². The number of hydrogen-bond acceptors (Lipinski definition) is 3. The molecular formula is C6H10O4. The number of carboxylic acid groups (broad SMARTS) is 1. The van der Waals surface area contributed by atoms with E-state index >= 15 is 0 Å². The maximum absolute atomic E-state index is 10.4. The van der Waals surface area contributed by atoms with Crippen LogP contribution in [0.5, 0.6) is 0 Å². The van der Waals surface area contributed by atoms with Crippen molar-refractivity contribution >= 4 is 5.97 Å². The minimum atomic E-state index is -0.940. The van der Waals surface area contributed by atoms with Crippen molar-refractivity contribution in [3.8, 4) is 0 Å². The lowest BCUT2D eigenvalue weighted by molar-refractivity contribution is -0.147. The molecule has 0 radical (unpaired) electrons. The summed E-state index contributed by atoms with van der Waals surface area (Å²) < 4.78 is 9.77. The third-order valence-electron chi connectivity index (χ3n) is 1.51. The molecule has 1 rings (SSSR count). The summed E-state index contributed by atoms with van der Waals surface area (Å²) in [6.45, 7) is 1.98. The van der Waals surface area contributed by atoms with Gasteiger partial charge in [-0.2, -0.15) is 0 Å². The normalized spacial score (nSPS) is 32.5. The van der Waals surface area contributed by atoms with Gasteiger partial charge in [-0.05, 0) is 6.42 Å². The van der Waals surface area contributed by atoms with Crippen molar-refractivity contribution in [1.29, 1.82) is 0 Å². The lowest BCUT2D eigenvalue weighted by atomic mass is 10.2. The predicted octanol–water partition coefficient (Wildman–Crippen LogP) is 0.222. The lowest BCUT2D eigenvalue weighted by Gasteiger charge is -2.08. The quantitative estimate of drug-likeness (QED) is 0.605. The topological polar surface area (TPSA) is 55.8 Å². The van der Waals surface area contributed by atoms with E-state index in [1.807, 2.05) is 6.92 Å². The maximum atomic E-state index is 10.4. The molecule has 1 aliphatic rings. The van der Waals surface area contributed by atoms with Gasteiger partial charge in [0.1, 0.15) is 6.79 Å². The average molecular weight is 146 g/mol. The zero-order valence-electron chi connectivity index (χ0n) is 5.74. The Kier molecular flexibility index (Phi) is 2.24. The van der Waals surface area contributed by atoms with Crippen molar-refractivity contribution in [3.63, 3.8) is 0 Å². The van der Waals surface area contributed by atoms with E-state index in [9.17, 15) is 4.79 Å². The molecule has 0 bridgehead atoms. The summed E-state index contributed by atoms with van der Waals surface area (Å²) in [4.78, 5) is 10.4. The molecule has 58 valence electrons. The van der Waals surface area contributed by atoms with Gasteiger partial charge in [0, 0.05) is 0 Å². The van der Waals surface area contributed by atoms with Crippen LogP contribution in [0.15, 0.2) is 0 Å². The maximum Gasteiger partial charge on any atom is 0.335 e. The summed E-state index contributed by atoms with van der Waals surface area (Å²) in [5.41, 5.74) is 0. The summed E-state index contributed by atoms with van der Waals surface area (Å²) in [5, 5.41) is 8.51. The molecule has 0 aromatic carbocycles. The average Bonchev–Trinajstić information content (AvgIpc) is 2.33.